The van der Waals surface area contributed by atoms with Crippen LogP contribution in [0.3, 0.4) is 0 Å². The molecule has 0 amide bonds. The van der Waals surface area contributed by atoms with E-state index in [1.807, 2.05) is 6.07 Å². The molecule has 0 aliphatic heterocycles. The molecule has 0 aromatic carbocycles. The lowest BCUT2D eigenvalue weighted by molar-refractivity contribution is 0.388. The number of hydrogen-bond acceptors (Lipinski definition) is 3. The summed E-state index contributed by atoms with van der Waals surface area (Å²) in [4.78, 5) is 0. The van der Waals surface area contributed by atoms with Gasteiger partial charge in [0.2, 0.25) is 0 Å². The number of hydrogen-bond donors (Lipinski definition) is 0. The summed E-state index contributed by atoms with van der Waals surface area (Å²) in [5.74, 6) is 0.837. The first-order valence-electron chi connectivity index (χ1n) is 4.90. The van der Waals surface area contributed by atoms with Crippen LogP contribution in [0, 0.1) is 0 Å². The summed E-state index contributed by atoms with van der Waals surface area (Å²) in [5, 5.41) is 8.36. The van der Waals surface area contributed by atoms with Crippen LogP contribution in [0.4, 0.5) is 0 Å². The summed E-state index contributed by atoms with van der Waals surface area (Å²) >= 11 is 0. The number of methoxy groups -OCH3 is 1. The van der Waals surface area contributed by atoms with Crippen molar-refractivity contribution in [2.45, 2.75) is 39.5 Å². The van der Waals surface area contributed by atoms with Crippen LogP contribution in [-0.4, -0.2) is 17.3 Å². The first-order chi connectivity index (χ1) is 6.49. The van der Waals surface area contributed by atoms with Crippen molar-refractivity contribution in [3.8, 4) is 5.75 Å². The zero-order chi connectivity index (χ0) is 10.8. The molecule has 0 saturated carbocycles. The van der Waals surface area contributed by atoms with E-state index in [9.17, 15) is 0 Å². The van der Waals surface area contributed by atoms with Gasteiger partial charge in [-0.1, -0.05) is 27.7 Å². The summed E-state index contributed by atoms with van der Waals surface area (Å²) < 4.78 is 5.31. The Labute approximate surface area is 85.5 Å². The lowest BCUT2D eigenvalue weighted by atomic mass is 9.91. The minimum Gasteiger partial charge on any atom is -0.495 e. The minimum atomic E-state index is -0.0232. The van der Waals surface area contributed by atoms with Crippen molar-refractivity contribution in [2.24, 2.45) is 0 Å². The molecule has 0 N–H and O–H groups in total. The number of nitrogens with zero attached hydrogens (tertiary/aromatic N) is 2. The van der Waals surface area contributed by atoms with E-state index in [2.05, 4.69) is 37.9 Å². The Morgan fingerprint density at radius 3 is 2.36 bits per heavy atom. The third-order valence-electron chi connectivity index (χ3n) is 2.10. The topological polar surface area (TPSA) is 35.0 Å². The fourth-order valence-corrected chi connectivity index (χ4v) is 1.26. The van der Waals surface area contributed by atoms with Crippen LogP contribution in [0.2, 0.25) is 0 Å². The van der Waals surface area contributed by atoms with Gasteiger partial charge < -0.3 is 4.74 Å². The molecule has 0 spiro atoms. The fraction of sp³-hybridized carbons (Fsp3) is 0.636. The van der Waals surface area contributed by atoms with E-state index in [1.54, 1.807) is 7.11 Å². The largest absolute Gasteiger partial charge is 0.495 e. The molecular formula is C11H18N2O. The Morgan fingerprint density at radius 2 is 1.93 bits per heavy atom. The first-order valence-corrected chi connectivity index (χ1v) is 4.90. The van der Waals surface area contributed by atoms with Crippen molar-refractivity contribution in [1.82, 2.24) is 10.2 Å². The van der Waals surface area contributed by atoms with Crippen molar-refractivity contribution in [1.29, 1.82) is 0 Å². The summed E-state index contributed by atoms with van der Waals surface area (Å²) in [7, 11) is 1.67. The molecule has 0 aliphatic carbocycles. The van der Waals surface area contributed by atoms with Gasteiger partial charge in [-0.2, -0.15) is 10.2 Å². The van der Waals surface area contributed by atoms with E-state index >= 15 is 0 Å². The first kappa shape index (κ1) is 11.0. The van der Waals surface area contributed by atoms with Crippen molar-refractivity contribution in [3.05, 3.63) is 17.5 Å². The zero-order valence-electron chi connectivity index (χ0n) is 9.59. The SMILES string of the molecule is CCc1cc(OC)c(C(C)(C)C)nn1. The van der Waals surface area contributed by atoms with Crippen LogP contribution >= 0.6 is 0 Å². The molecule has 0 radical (unpaired) electrons. The molecule has 78 valence electrons. The Hall–Kier alpha value is -1.12. The number of aromatic nitrogens is 2. The van der Waals surface area contributed by atoms with E-state index in [0.29, 0.717) is 0 Å². The van der Waals surface area contributed by atoms with Gasteiger partial charge in [0.15, 0.2) is 0 Å². The summed E-state index contributed by atoms with van der Waals surface area (Å²) in [6.45, 7) is 8.36. The van der Waals surface area contributed by atoms with Gasteiger partial charge in [0.05, 0.1) is 12.8 Å². The number of rotatable bonds is 2. The molecule has 3 heteroatoms. The van der Waals surface area contributed by atoms with E-state index in [1.165, 1.54) is 0 Å². The highest BCUT2D eigenvalue weighted by Gasteiger charge is 2.21. The molecule has 1 heterocycles. The Balaban J connectivity index is 3.18. The van der Waals surface area contributed by atoms with Gasteiger partial charge in [0.25, 0.3) is 0 Å². The second-order valence-corrected chi connectivity index (χ2v) is 4.36. The number of ether oxygens (including phenoxy) is 1. The fourth-order valence-electron chi connectivity index (χ4n) is 1.26. The van der Waals surface area contributed by atoms with Gasteiger partial charge in [0.1, 0.15) is 11.4 Å². The van der Waals surface area contributed by atoms with Gasteiger partial charge in [-0.15, -0.1) is 0 Å². The highest BCUT2D eigenvalue weighted by molar-refractivity contribution is 5.32. The Kier molecular flexibility index (Phi) is 3.09. The average Bonchev–Trinajstić information content (AvgIpc) is 2.15. The second kappa shape index (κ2) is 3.95. The predicted molar refractivity (Wildman–Crippen MR) is 56.7 cm³/mol. The molecule has 3 nitrogen and oxygen atoms in total. The van der Waals surface area contributed by atoms with Crippen molar-refractivity contribution in [3.63, 3.8) is 0 Å². The monoisotopic (exact) mass is 194 g/mol. The lowest BCUT2D eigenvalue weighted by Gasteiger charge is -2.19. The van der Waals surface area contributed by atoms with E-state index in [4.69, 9.17) is 4.74 Å². The summed E-state index contributed by atoms with van der Waals surface area (Å²) in [5.41, 5.74) is 1.86. The molecule has 0 unspecified atom stereocenters. The molecule has 1 aromatic heterocycles. The maximum Gasteiger partial charge on any atom is 0.144 e. The minimum absolute atomic E-state index is 0.0232. The van der Waals surface area contributed by atoms with Crippen LogP contribution in [0.1, 0.15) is 39.1 Å². The van der Waals surface area contributed by atoms with Crippen LogP contribution in [0.15, 0.2) is 6.07 Å². The second-order valence-electron chi connectivity index (χ2n) is 4.36. The van der Waals surface area contributed by atoms with Crippen molar-refractivity contribution >= 4 is 0 Å². The molecule has 0 fully saturated rings. The van der Waals surface area contributed by atoms with Crippen LogP contribution in [0.25, 0.3) is 0 Å². The predicted octanol–water partition coefficient (Wildman–Crippen LogP) is 2.35. The van der Waals surface area contributed by atoms with E-state index < -0.39 is 0 Å². The van der Waals surface area contributed by atoms with Gasteiger partial charge >= 0.3 is 0 Å². The van der Waals surface area contributed by atoms with Crippen molar-refractivity contribution < 1.29 is 4.74 Å². The molecule has 0 atom stereocenters. The van der Waals surface area contributed by atoms with Gasteiger partial charge in [-0.05, 0) is 6.42 Å². The highest BCUT2D eigenvalue weighted by Crippen LogP contribution is 2.28. The molecule has 0 aliphatic rings. The van der Waals surface area contributed by atoms with Crippen LogP contribution < -0.4 is 4.74 Å². The maximum atomic E-state index is 5.31. The summed E-state index contributed by atoms with van der Waals surface area (Å²) in [6, 6.07) is 1.97. The molecular weight excluding hydrogens is 176 g/mol. The van der Waals surface area contributed by atoms with Crippen molar-refractivity contribution in [2.75, 3.05) is 7.11 Å². The quantitative estimate of drug-likeness (QED) is 0.724. The third kappa shape index (κ3) is 2.22. The Morgan fingerprint density at radius 1 is 1.29 bits per heavy atom. The van der Waals surface area contributed by atoms with E-state index in [-0.39, 0.29) is 5.41 Å². The normalized spacial score (nSPS) is 11.5. The van der Waals surface area contributed by atoms with Gasteiger partial charge in [-0.25, -0.2) is 0 Å². The van der Waals surface area contributed by atoms with Gasteiger partial charge in [-0.3, -0.25) is 0 Å². The standard InChI is InChI=1S/C11H18N2O/c1-6-8-7-9(14-5)10(13-12-8)11(2,3)4/h7H,6H2,1-5H3. The summed E-state index contributed by atoms with van der Waals surface area (Å²) in [6.07, 6.45) is 0.883. The molecule has 1 aromatic rings. The molecule has 1 rings (SSSR count). The average molecular weight is 194 g/mol. The lowest BCUT2D eigenvalue weighted by Crippen LogP contribution is -2.16. The molecule has 0 saturated heterocycles. The highest BCUT2D eigenvalue weighted by atomic mass is 16.5. The third-order valence-corrected chi connectivity index (χ3v) is 2.10. The molecule has 14 heavy (non-hydrogen) atoms. The molecule has 0 bridgehead atoms. The van der Waals surface area contributed by atoms with Gasteiger partial charge in [0, 0.05) is 11.5 Å². The van der Waals surface area contributed by atoms with Crippen LogP contribution in [-0.2, 0) is 11.8 Å². The zero-order valence-corrected chi connectivity index (χ0v) is 9.59. The van der Waals surface area contributed by atoms with Crippen LogP contribution in [0.5, 0.6) is 5.75 Å². The maximum absolute atomic E-state index is 5.31. The van der Waals surface area contributed by atoms with E-state index in [0.717, 1.165) is 23.6 Å². The number of aryl methyl sites for hydroxylation is 1. The Bertz CT molecular complexity index is 316. The smallest absolute Gasteiger partial charge is 0.144 e.